The number of carbonyl (C=O) groups excluding carboxylic acids is 1. The van der Waals surface area contributed by atoms with Crippen LogP contribution in [-0.4, -0.2) is 46.3 Å². The number of methoxy groups -OCH3 is 1. The molecule has 0 aromatic rings. The smallest absolute Gasteiger partial charge is 0.370 e. The summed E-state index contributed by atoms with van der Waals surface area (Å²) < 4.78 is 30.5. The first-order chi connectivity index (χ1) is 7.05. The van der Waals surface area contributed by atoms with Crippen LogP contribution in [-0.2, 0) is 27.9 Å². The Morgan fingerprint density at radius 2 is 1.87 bits per heavy atom. The molecule has 7 nitrogen and oxygen atoms in total. The minimum absolute atomic E-state index is 0.0521. The highest BCUT2D eigenvalue weighted by Crippen LogP contribution is 2.52. The van der Waals surface area contributed by atoms with Gasteiger partial charge in [-0.25, -0.2) is 4.79 Å². The van der Waals surface area contributed by atoms with Crippen LogP contribution >= 0.6 is 7.60 Å². The van der Waals surface area contributed by atoms with E-state index >= 15 is 0 Å². The lowest BCUT2D eigenvalue weighted by atomic mass is 10.7. The van der Waals surface area contributed by atoms with E-state index in [1.807, 2.05) is 0 Å². The Hall–Kier alpha value is -0.460. The van der Waals surface area contributed by atoms with E-state index in [2.05, 4.69) is 13.8 Å². The van der Waals surface area contributed by atoms with Gasteiger partial charge in [-0.3, -0.25) is 4.57 Å². The molecule has 1 unspecified atom stereocenters. The average molecular weight is 241 g/mol. The number of ether oxygens (including phenoxy) is 2. The lowest BCUT2D eigenvalue weighted by molar-refractivity contribution is -0.149. The molecule has 0 aromatic carbocycles. The van der Waals surface area contributed by atoms with Crippen LogP contribution in [0.3, 0.4) is 0 Å². The molecule has 0 amide bonds. The molecule has 0 aliphatic carbocycles. The molecule has 0 fully saturated rings. The third-order valence-corrected chi connectivity index (χ3v) is 3.54. The summed E-state index contributed by atoms with van der Waals surface area (Å²) in [6.45, 7) is 0.234. The summed E-state index contributed by atoms with van der Waals surface area (Å²) in [4.78, 5) is 11.3. The molecule has 90 valence electrons. The molecular weight excluding hydrogens is 225 g/mol. The summed E-state index contributed by atoms with van der Waals surface area (Å²) >= 11 is 0. The monoisotopic (exact) mass is 241 g/mol. The predicted molar refractivity (Wildman–Crippen MR) is 52.4 cm³/mol. The van der Waals surface area contributed by atoms with Gasteiger partial charge in [0.05, 0.1) is 13.7 Å². The summed E-state index contributed by atoms with van der Waals surface area (Å²) in [6.07, 6.45) is 0. The van der Waals surface area contributed by atoms with Crippen molar-refractivity contribution >= 4 is 13.6 Å². The van der Waals surface area contributed by atoms with E-state index in [0.29, 0.717) is 0 Å². The average Bonchev–Trinajstić information content (AvgIpc) is 2.28. The number of carbonyl (C=O) groups is 1. The van der Waals surface area contributed by atoms with Gasteiger partial charge in [0.25, 0.3) is 5.85 Å². The van der Waals surface area contributed by atoms with Gasteiger partial charge in [0.1, 0.15) is 0 Å². The SMILES string of the molecule is COC(=O)C(OCCN)P(=O)(OC)OC. The lowest BCUT2D eigenvalue weighted by Crippen LogP contribution is -2.29. The normalized spacial score (nSPS) is 13.6. The van der Waals surface area contributed by atoms with Crippen LogP contribution < -0.4 is 5.73 Å². The Balaban J connectivity index is 4.74. The summed E-state index contributed by atoms with van der Waals surface area (Å²) in [6, 6.07) is 0. The van der Waals surface area contributed by atoms with Crippen molar-refractivity contribution in [1.82, 2.24) is 0 Å². The largest absolute Gasteiger partial charge is 0.467 e. The molecule has 0 rings (SSSR count). The molecule has 0 aliphatic rings. The van der Waals surface area contributed by atoms with Gasteiger partial charge < -0.3 is 24.3 Å². The van der Waals surface area contributed by atoms with Crippen LogP contribution in [0.1, 0.15) is 0 Å². The van der Waals surface area contributed by atoms with Gasteiger partial charge >= 0.3 is 13.6 Å². The first-order valence-electron chi connectivity index (χ1n) is 4.16. The molecule has 0 aliphatic heterocycles. The minimum atomic E-state index is -3.65. The molecule has 0 bridgehead atoms. The van der Waals surface area contributed by atoms with Gasteiger partial charge in [0.2, 0.25) is 0 Å². The molecule has 0 heterocycles. The van der Waals surface area contributed by atoms with Crippen molar-refractivity contribution in [1.29, 1.82) is 0 Å². The summed E-state index contributed by atoms with van der Waals surface area (Å²) in [5.74, 6) is -2.23. The Labute approximate surface area is 88.3 Å². The summed E-state index contributed by atoms with van der Waals surface area (Å²) in [5.41, 5.74) is 5.20. The first kappa shape index (κ1) is 14.5. The van der Waals surface area contributed by atoms with Crippen molar-refractivity contribution in [3.63, 3.8) is 0 Å². The van der Waals surface area contributed by atoms with Gasteiger partial charge in [-0.05, 0) is 0 Å². The third kappa shape index (κ3) is 3.89. The van der Waals surface area contributed by atoms with Crippen molar-refractivity contribution in [3.8, 4) is 0 Å². The van der Waals surface area contributed by atoms with Crippen molar-refractivity contribution in [3.05, 3.63) is 0 Å². The van der Waals surface area contributed by atoms with Crippen LogP contribution in [0.2, 0.25) is 0 Å². The highest BCUT2D eigenvalue weighted by molar-refractivity contribution is 7.55. The number of hydrogen-bond acceptors (Lipinski definition) is 7. The van der Waals surface area contributed by atoms with E-state index in [0.717, 1.165) is 21.3 Å². The first-order valence-corrected chi connectivity index (χ1v) is 5.77. The highest BCUT2D eigenvalue weighted by Gasteiger charge is 2.41. The molecule has 15 heavy (non-hydrogen) atoms. The van der Waals surface area contributed by atoms with E-state index in [1.165, 1.54) is 0 Å². The van der Waals surface area contributed by atoms with Crippen molar-refractivity contribution in [2.45, 2.75) is 5.85 Å². The summed E-state index contributed by atoms with van der Waals surface area (Å²) in [7, 11) is -0.179. The van der Waals surface area contributed by atoms with Crippen LogP contribution in [0, 0.1) is 0 Å². The maximum atomic E-state index is 11.8. The van der Waals surface area contributed by atoms with Gasteiger partial charge in [-0.15, -0.1) is 0 Å². The maximum Gasteiger partial charge on any atom is 0.370 e. The van der Waals surface area contributed by atoms with Crippen molar-refractivity contribution in [2.75, 3.05) is 34.5 Å². The van der Waals surface area contributed by atoms with Crippen molar-refractivity contribution in [2.24, 2.45) is 5.73 Å². The van der Waals surface area contributed by atoms with E-state index in [1.54, 1.807) is 0 Å². The molecule has 0 saturated heterocycles. The number of nitrogens with two attached hydrogens (primary N) is 1. The summed E-state index contributed by atoms with van der Waals surface area (Å²) in [5, 5.41) is 0. The zero-order valence-electron chi connectivity index (χ0n) is 8.97. The van der Waals surface area contributed by atoms with E-state index in [4.69, 9.17) is 10.5 Å². The number of esters is 1. The molecule has 0 saturated carbocycles. The third-order valence-electron chi connectivity index (χ3n) is 1.59. The molecule has 0 radical (unpaired) electrons. The Bertz CT molecular complexity index is 238. The second-order valence-corrected chi connectivity index (χ2v) is 4.72. The standard InChI is InChI=1S/C7H16NO6P/c1-11-6(9)7(14-5-4-8)15(10,12-2)13-3/h7H,4-5,8H2,1-3H3. The second-order valence-electron chi connectivity index (χ2n) is 2.44. The van der Waals surface area contributed by atoms with Gasteiger partial charge in [0, 0.05) is 20.8 Å². The maximum absolute atomic E-state index is 11.8. The molecule has 0 spiro atoms. The quantitative estimate of drug-likeness (QED) is 0.492. The number of hydrogen-bond donors (Lipinski definition) is 1. The molecular formula is C7H16NO6P. The lowest BCUT2D eigenvalue weighted by Gasteiger charge is -2.21. The fourth-order valence-corrected chi connectivity index (χ4v) is 2.02. The molecule has 2 N–H and O–H groups in total. The van der Waals surface area contributed by atoms with Crippen molar-refractivity contribution < 1.29 is 27.9 Å². The molecule has 8 heteroatoms. The van der Waals surface area contributed by atoms with Crippen LogP contribution in [0.15, 0.2) is 0 Å². The topological polar surface area (TPSA) is 97.1 Å². The zero-order chi connectivity index (χ0) is 11.9. The molecule has 1 atom stereocenters. The fourth-order valence-electron chi connectivity index (χ4n) is 0.835. The zero-order valence-corrected chi connectivity index (χ0v) is 9.86. The van der Waals surface area contributed by atoms with Gasteiger partial charge in [-0.1, -0.05) is 0 Å². The van der Waals surface area contributed by atoms with Gasteiger partial charge in [0.15, 0.2) is 0 Å². The van der Waals surface area contributed by atoms with Crippen LogP contribution in [0.5, 0.6) is 0 Å². The second kappa shape index (κ2) is 6.92. The molecule has 0 aromatic heterocycles. The Morgan fingerprint density at radius 1 is 1.33 bits per heavy atom. The predicted octanol–water partition coefficient (Wildman–Crippen LogP) is -0.0533. The van der Waals surface area contributed by atoms with E-state index in [9.17, 15) is 9.36 Å². The Morgan fingerprint density at radius 3 is 2.20 bits per heavy atom. The van der Waals surface area contributed by atoms with E-state index in [-0.39, 0.29) is 13.2 Å². The Kier molecular flexibility index (Phi) is 6.71. The van der Waals surface area contributed by atoms with Gasteiger partial charge in [-0.2, -0.15) is 0 Å². The van der Waals surface area contributed by atoms with Crippen LogP contribution in [0.25, 0.3) is 0 Å². The minimum Gasteiger partial charge on any atom is -0.467 e. The van der Waals surface area contributed by atoms with Crippen LogP contribution in [0.4, 0.5) is 0 Å². The fraction of sp³-hybridized carbons (Fsp3) is 0.857. The highest BCUT2D eigenvalue weighted by atomic mass is 31.2. The number of rotatable bonds is 7. The van der Waals surface area contributed by atoms with E-state index < -0.39 is 19.4 Å².